The molecule has 0 aromatic carbocycles. The predicted molar refractivity (Wildman–Crippen MR) is 44.9 cm³/mol. The molecular weight excluding hydrogens is 147 g/mol. The topological polar surface area (TPSA) is 37.3 Å². The van der Waals surface area contributed by atoms with Gasteiger partial charge in [0.15, 0.2) is 0 Å². The molecule has 1 N–H and O–H groups in total. The lowest BCUT2D eigenvalue weighted by Crippen LogP contribution is -2.13. The van der Waals surface area contributed by atoms with Gasteiger partial charge in [-0.3, -0.25) is 0 Å². The summed E-state index contributed by atoms with van der Waals surface area (Å²) in [6, 6.07) is 0. The molecule has 3 heteroatoms. The standard InChI is InChI=1S/C7H15O2P/c1-7(2,8)5-6-10(3,4)9/h5-6,8H,1-4H3/b6-5-. The Morgan fingerprint density at radius 2 is 1.80 bits per heavy atom. The molecule has 0 atom stereocenters. The Kier molecular flexibility index (Phi) is 2.87. The molecule has 0 aliphatic rings. The van der Waals surface area contributed by atoms with E-state index in [4.69, 9.17) is 0 Å². The van der Waals surface area contributed by atoms with E-state index in [1.54, 1.807) is 39.1 Å². The van der Waals surface area contributed by atoms with Gasteiger partial charge in [-0.05, 0) is 33.0 Å². The van der Waals surface area contributed by atoms with Gasteiger partial charge in [-0.1, -0.05) is 6.08 Å². The van der Waals surface area contributed by atoms with Gasteiger partial charge in [-0.15, -0.1) is 0 Å². The molecule has 2 nitrogen and oxygen atoms in total. The van der Waals surface area contributed by atoms with E-state index in [-0.39, 0.29) is 0 Å². The second-order valence-electron chi connectivity index (χ2n) is 3.40. The Morgan fingerprint density at radius 1 is 1.40 bits per heavy atom. The van der Waals surface area contributed by atoms with E-state index in [1.165, 1.54) is 0 Å². The van der Waals surface area contributed by atoms with E-state index in [9.17, 15) is 9.67 Å². The summed E-state index contributed by atoms with van der Waals surface area (Å²) in [5.74, 6) is 1.58. The Bertz CT molecular complexity index is 171. The fraction of sp³-hybridized carbons (Fsp3) is 0.714. The van der Waals surface area contributed by atoms with Gasteiger partial charge in [0, 0.05) is 0 Å². The average molecular weight is 162 g/mol. The first-order valence-electron chi connectivity index (χ1n) is 3.18. The second-order valence-corrected chi connectivity index (χ2v) is 6.57. The molecule has 0 saturated heterocycles. The van der Waals surface area contributed by atoms with Gasteiger partial charge in [0.2, 0.25) is 0 Å². The molecule has 0 heterocycles. The monoisotopic (exact) mass is 162 g/mol. The van der Waals surface area contributed by atoms with Crippen LogP contribution in [0.25, 0.3) is 0 Å². The zero-order valence-electron chi connectivity index (χ0n) is 6.96. The number of hydrogen-bond donors (Lipinski definition) is 1. The van der Waals surface area contributed by atoms with Gasteiger partial charge in [-0.2, -0.15) is 0 Å². The van der Waals surface area contributed by atoms with Crippen LogP contribution in [0.5, 0.6) is 0 Å². The van der Waals surface area contributed by atoms with Crippen LogP contribution in [0.4, 0.5) is 0 Å². The molecule has 0 spiro atoms. The first kappa shape index (κ1) is 9.93. The van der Waals surface area contributed by atoms with Crippen LogP contribution >= 0.6 is 7.14 Å². The minimum atomic E-state index is -2.10. The second kappa shape index (κ2) is 2.89. The molecule has 0 aliphatic carbocycles. The lowest BCUT2D eigenvalue weighted by molar-refractivity contribution is 0.133. The predicted octanol–water partition coefficient (Wildman–Crippen LogP) is 1.89. The van der Waals surface area contributed by atoms with E-state index < -0.39 is 12.7 Å². The highest BCUT2D eigenvalue weighted by Crippen LogP contribution is 2.38. The third-order valence-corrected chi connectivity index (χ3v) is 1.71. The average Bonchev–Trinajstić information content (AvgIpc) is 1.57. The molecule has 0 aromatic rings. The Hall–Kier alpha value is -0.0700. The molecule has 0 radical (unpaired) electrons. The highest BCUT2D eigenvalue weighted by atomic mass is 31.2. The Labute approximate surface area is 62.3 Å². The van der Waals surface area contributed by atoms with Crippen LogP contribution < -0.4 is 0 Å². The van der Waals surface area contributed by atoms with Gasteiger partial charge in [0.1, 0.15) is 7.14 Å². The van der Waals surface area contributed by atoms with Crippen molar-refractivity contribution in [3.8, 4) is 0 Å². The molecule has 0 aromatic heterocycles. The first-order chi connectivity index (χ1) is 4.21. The van der Waals surface area contributed by atoms with E-state index in [0.29, 0.717) is 0 Å². The zero-order valence-corrected chi connectivity index (χ0v) is 7.85. The van der Waals surface area contributed by atoms with Crippen LogP contribution in [0, 0.1) is 0 Å². The highest BCUT2D eigenvalue weighted by Gasteiger charge is 2.08. The minimum Gasteiger partial charge on any atom is -0.386 e. The minimum absolute atomic E-state index is 0.846. The van der Waals surface area contributed by atoms with E-state index in [1.807, 2.05) is 0 Å². The smallest absolute Gasteiger partial charge is 0.102 e. The van der Waals surface area contributed by atoms with E-state index in [2.05, 4.69) is 0 Å². The van der Waals surface area contributed by atoms with Crippen LogP contribution in [0.2, 0.25) is 0 Å². The van der Waals surface area contributed by atoms with Crippen molar-refractivity contribution in [3.63, 3.8) is 0 Å². The van der Waals surface area contributed by atoms with Gasteiger partial charge >= 0.3 is 0 Å². The van der Waals surface area contributed by atoms with E-state index >= 15 is 0 Å². The summed E-state index contributed by atoms with van der Waals surface area (Å²) < 4.78 is 11.1. The molecular formula is C7H15O2P. The maximum absolute atomic E-state index is 11.1. The lowest BCUT2D eigenvalue weighted by atomic mass is 10.1. The van der Waals surface area contributed by atoms with Gasteiger partial charge in [0.05, 0.1) is 5.60 Å². The molecule has 0 amide bonds. The molecule has 60 valence electrons. The van der Waals surface area contributed by atoms with Crippen LogP contribution in [0.3, 0.4) is 0 Å². The van der Waals surface area contributed by atoms with Gasteiger partial charge in [-0.25, -0.2) is 0 Å². The third-order valence-electron chi connectivity index (χ3n) is 0.841. The summed E-state index contributed by atoms with van der Waals surface area (Å²) in [5.41, 5.74) is -0.846. The summed E-state index contributed by atoms with van der Waals surface area (Å²) in [6.45, 7) is 6.63. The van der Waals surface area contributed by atoms with Gasteiger partial charge in [0.25, 0.3) is 0 Å². The highest BCUT2D eigenvalue weighted by molar-refractivity contribution is 7.65. The molecule has 0 fully saturated rings. The van der Waals surface area contributed by atoms with Crippen molar-refractivity contribution < 1.29 is 9.67 Å². The number of aliphatic hydroxyl groups is 1. The SMILES string of the molecule is CC(C)(O)/C=C\P(C)(C)=O. The quantitative estimate of drug-likeness (QED) is 0.629. The van der Waals surface area contributed by atoms with Gasteiger partial charge < -0.3 is 9.67 Å². The summed E-state index contributed by atoms with van der Waals surface area (Å²) in [4.78, 5) is 0. The fourth-order valence-electron chi connectivity index (χ4n) is 0.362. The van der Waals surface area contributed by atoms with Crippen molar-refractivity contribution in [1.82, 2.24) is 0 Å². The van der Waals surface area contributed by atoms with E-state index in [0.717, 1.165) is 0 Å². The normalized spacial score (nSPS) is 14.5. The summed E-state index contributed by atoms with van der Waals surface area (Å²) >= 11 is 0. The molecule has 0 saturated carbocycles. The summed E-state index contributed by atoms with van der Waals surface area (Å²) in [5, 5.41) is 9.17. The molecule has 0 rings (SSSR count). The van der Waals surface area contributed by atoms with Crippen molar-refractivity contribution >= 4 is 7.14 Å². The van der Waals surface area contributed by atoms with Crippen LogP contribution in [-0.4, -0.2) is 24.0 Å². The molecule has 0 unspecified atom stereocenters. The maximum atomic E-state index is 11.1. The van der Waals surface area contributed by atoms with Crippen LogP contribution in [-0.2, 0) is 4.57 Å². The van der Waals surface area contributed by atoms with Crippen LogP contribution in [0.1, 0.15) is 13.8 Å². The molecule has 0 aliphatic heterocycles. The molecule has 10 heavy (non-hydrogen) atoms. The van der Waals surface area contributed by atoms with Crippen LogP contribution in [0.15, 0.2) is 11.9 Å². The summed E-state index contributed by atoms with van der Waals surface area (Å²) in [6.07, 6.45) is 1.56. The van der Waals surface area contributed by atoms with Crippen molar-refractivity contribution in [3.05, 3.63) is 11.9 Å². The lowest BCUT2D eigenvalue weighted by Gasteiger charge is -2.10. The van der Waals surface area contributed by atoms with Crippen molar-refractivity contribution in [1.29, 1.82) is 0 Å². The summed E-state index contributed by atoms with van der Waals surface area (Å²) in [7, 11) is -2.10. The van der Waals surface area contributed by atoms with Crippen molar-refractivity contribution in [2.24, 2.45) is 0 Å². The Morgan fingerprint density at radius 3 is 1.90 bits per heavy atom. The van der Waals surface area contributed by atoms with Crippen molar-refractivity contribution in [2.75, 3.05) is 13.3 Å². The first-order valence-corrected chi connectivity index (χ1v) is 5.85. The third kappa shape index (κ3) is 7.93. The fourth-order valence-corrected chi connectivity index (χ4v) is 1.09. The Balaban J connectivity index is 4.16. The van der Waals surface area contributed by atoms with Crippen molar-refractivity contribution in [2.45, 2.75) is 19.4 Å². The largest absolute Gasteiger partial charge is 0.386 e. The number of rotatable bonds is 2. The maximum Gasteiger partial charge on any atom is 0.102 e. The molecule has 0 bridgehead atoms. The zero-order chi connectivity index (χ0) is 8.41. The number of hydrogen-bond acceptors (Lipinski definition) is 2.